The van der Waals surface area contributed by atoms with Gasteiger partial charge in [-0.2, -0.15) is 0 Å². The van der Waals surface area contributed by atoms with Crippen molar-refractivity contribution in [3.63, 3.8) is 0 Å². The molecule has 0 bridgehead atoms. The van der Waals surface area contributed by atoms with Crippen molar-refractivity contribution in [3.05, 3.63) is 65.4 Å². The van der Waals surface area contributed by atoms with Gasteiger partial charge in [-0.3, -0.25) is 4.79 Å². The Morgan fingerprint density at radius 1 is 1.17 bits per heavy atom. The Hall–Kier alpha value is -3.02. The number of hydrogen-bond donors (Lipinski definition) is 1. The van der Waals surface area contributed by atoms with E-state index in [4.69, 9.17) is 4.52 Å². The minimum atomic E-state index is -0.237. The molecule has 0 spiro atoms. The minimum absolute atomic E-state index is 0.237. The fraction of sp³-hybridized carbons (Fsp3) is 0.176. The number of hydrogen-bond acceptors (Lipinski definition) is 5. The lowest BCUT2D eigenvalue weighted by Gasteiger charge is -2.06. The normalized spacial score (nSPS) is 10.5. The average Bonchev–Trinajstić information content (AvgIpc) is 2.95. The highest BCUT2D eigenvalue weighted by Crippen LogP contribution is 2.24. The van der Waals surface area contributed by atoms with E-state index in [9.17, 15) is 4.79 Å². The third-order valence-corrected chi connectivity index (χ3v) is 3.40. The lowest BCUT2D eigenvalue weighted by molar-refractivity contribution is 0.0949. The van der Waals surface area contributed by atoms with Crippen LogP contribution in [0, 0.1) is 13.8 Å². The van der Waals surface area contributed by atoms with Gasteiger partial charge in [-0.25, -0.2) is 9.97 Å². The summed E-state index contributed by atoms with van der Waals surface area (Å²) >= 11 is 0. The van der Waals surface area contributed by atoms with Crippen molar-refractivity contribution in [2.24, 2.45) is 0 Å². The minimum Gasteiger partial charge on any atom is -0.360 e. The molecule has 2 aromatic heterocycles. The van der Waals surface area contributed by atoms with Gasteiger partial charge in [0, 0.05) is 11.8 Å². The summed E-state index contributed by atoms with van der Waals surface area (Å²) in [6.07, 6.45) is 1.67. The lowest BCUT2D eigenvalue weighted by Crippen LogP contribution is -2.24. The van der Waals surface area contributed by atoms with Crippen molar-refractivity contribution in [3.8, 4) is 11.3 Å². The van der Waals surface area contributed by atoms with Crippen LogP contribution in [-0.4, -0.2) is 21.0 Å². The fourth-order valence-electron chi connectivity index (χ4n) is 2.30. The van der Waals surface area contributed by atoms with Gasteiger partial charge in [-0.15, -0.1) is 0 Å². The van der Waals surface area contributed by atoms with Crippen molar-refractivity contribution < 1.29 is 9.32 Å². The van der Waals surface area contributed by atoms with E-state index < -0.39 is 0 Å². The molecule has 0 aliphatic carbocycles. The van der Waals surface area contributed by atoms with Crippen LogP contribution in [0.25, 0.3) is 11.3 Å². The van der Waals surface area contributed by atoms with E-state index in [-0.39, 0.29) is 5.91 Å². The second-order valence-electron chi connectivity index (χ2n) is 5.11. The highest BCUT2D eigenvalue weighted by atomic mass is 16.5. The zero-order valence-electron chi connectivity index (χ0n) is 12.9. The van der Waals surface area contributed by atoms with Crippen molar-refractivity contribution >= 4 is 5.91 Å². The molecular weight excluding hydrogens is 292 g/mol. The third-order valence-electron chi connectivity index (χ3n) is 3.40. The maximum atomic E-state index is 12.5. The molecule has 0 unspecified atom stereocenters. The molecule has 116 valence electrons. The van der Waals surface area contributed by atoms with Crippen LogP contribution in [0.3, 0.4) is 0 Å². The number of carbonyl (C=O) groups is 1. The van der Waals surface area contributed by atoms with Gasteiger partial charge in [0.05, 0.1) is 12.2 Å². The van der Waals surface area contributed by atoms with Crippen LogP contribution < -0.4 is 5.32 Å². The maximum absolute atomic E-state index is 12.5. The van der Waals surface area contributed by atoms with Crippen molar-refractivity contribution in [2.45, 2.75) is 20.4 Å². The van der Waals surface area contributed by atoms with Crippen LogP contribution in [0.5, 0.6) is 0 Å². The Bertz CT molecular complexity index is 828. The van der Waals surface area contributed by atoms with Gasteiger partial charge in [-0.1, -0.05) is 35.5 Å². The number of nitrogens with one attached hydrogen (secondary N) is 1. The van der Waals surface area contributed by atoms with Crippen molar-refractivity contribution in [1.82, 2.24) is 20.4 Å². The first kappa shape index (κ1) is 14.9. The van der Waals surface area contributed by atoms with Gasteiger partial charge < -0.3 is 9.84 Å². The molecule has 3 aromatic rings. The van der Waals surface area contributed by atoms with Crippen LogP contribution >= 0.6 is 0 Å². The second-order valence-corrected chi connectivity index (χ2v) is 5.11. The Morgan fingerprint density at radius 3 is 2.70 bits per heavy atom. The van der Waals surface area contributed by atoms with E-state index in [0.717, 1.165) is 11.3 Å². The first-order valence-electron chi connectivity index (χ1n) is 7.23. The lowest BCUT2D eigenvalue weighted by atomic mass is 10.1. The standard InChI is InChI=1S/C17H16N4O2/c1-11-15(16(21-23-11)13-6-4-3-5-7-13)17(22)19-10-14-8-9-18-12(2)20-14/h3-9H,10H2,1-2H3,(H,19,22). The summed E-state index contributed by atoms with van der Waals surface area (Å²) in [5.41, 5.74) is 2.58. The van der Waals surface area contributed by atoms with Crippen LogP contribution in [0.1, 0.15) is 27.6 Å². The van der Waals surface area contributed by atoms with E-state index in [0.29, 0.717) is 29.4 Å². The Balaban J connectivity index is 1.81. The molecule has 6 heteroatoms. The van der Waals surface area contributed by atoms with E-state index in [1.807, 2.05) is 37.3 Å². The molecule has 6 nitrogen and oxygen atoms in total. The fourth-order valence-corrected chi connectivity index (χ4v) is 2.30. The highest BCUT2D eigenvalue weighted by molar-refractivity contribution is 6.00. The van der Waals surface area contributed by atoms with Crippen LogP contribution in [0.15, 0.2) is 47.1 Å². The van der Waals surface area contributed by atoms with Gasteiger partial charge in [-0.05, 0) is 19.9 Å². The number of benzene rings is 1. The summed E-state index contributed by atoms with van der Waals surface area (Å²) in [4.78, 5) is 20.8. The number of aryl methyl sites for hydroxylation is 2. The second kappa shape index (κ2) is 6.39. The van der Waals surface area contributed by atoms with E-state index >= 15 is 0 Å². The summed E-state index contributed by atoms with van der Waals surface area (Å²) in [6.45, 7) is 3.85. The summed E-state index contributed by atoms with van der Waals surface area (Å²) in [5.74, 6) is 0.918. The van der Waals surface area contributed by atoms with Gasteiger partial charge in [0.25, 0.3) is 5.91 Å². The predicted molar refractivity (Wildman–Crippen MR) is 84.6 cm³/mol. The summed E-state index contributed by atoms with van der Waals surface area (Å²) in [5, 5.41) is 6.87. The monoisotopic (exact) mass is 308 g/mol. The molecule has 0 radical (unpaired) electrons. The Morgan fingerprint density at radius 2 is 1.96 bits per heavy atom. The topological polar surface area (TPSA) is 80.9 Å². The number of rotatable bonds is 4. The molecule has 0 aliphatic heterocycles. The Labute approximate surface area is 133 Å². The number of nitrogens with zero attached hydrogens (tertiary/aromatic N) is 3. The SMILES string of the molecule is Cc1nccc(CNC(=O)c2c(-c3ccccc3)noc2C)n1. The molecule has 1 aromatic carbocycles. The number of amides is 1. The van der Waals surface area contributed by atoms with E-state index in [2.05, 4.69) is 20.4 Å². The van der Waals surface area contributed by atoms with E-state index in [1.54, 1.807) is 19.2 Å². The molecule has 1 N–H and O–H groups in total. The molecule has 0 saturated heterocycles. The predicted octanol–water partition coefficient (Wildman–Crippen LogP) is 2.68. The van der Waals surface area contributed by atoms with Gasteiger partial charge in [0.2, 0.25) is 0 Å². The molecule has 23 heavy (non-hydrogen) atoms. The molecule has 0 atom stereocenters. The van der Waals surface area contributed by atoms with Crippen molar-refractivity contribution in [2.75, 3.05) is 0 Å². The maximum Gasteiger partial charge on any atom is 0.257 e. The third kappa shape index (κ3) is 3.26. The first-order valence-corrected chi connectivity index (χ1v) is 7.23. The zero-order valence-corrected chi connectivity index (χ0v) is 12.9. The zero-order chi connectivity index (χ0) is 16.2. The smallest absolute Gasteiger partial charge is 0.257 e. The molecule has 0 aliphatic rings. The van der Waals surface area contributed by atoms with Gasteiger partial charge >= 0.3 is 0 Å². The molecule has 0 saturated carbocycles. The Kier molecular flexibility index (Phi) is 4.14. The van der Waals surface area contributed by atoms with Gasteiger partial charge in [0.15, 0.2) is 0 Å². The van der Waals surface area contributed by atoms with Crippen molar-refractivity contribution in [1.29, 1.82) is 0 Å². The van der Waals surface area contributed by atoms with Gasteiger partial charge in [0.1, 0.15) is 22.8 Å². The quantitative estimate of drug-likeness (QED) is 0.801. The summed E-state index contributed by atoms with van der Waals surface area (Å²) in [6, 6.07) is 11.2. The largest absolute Gasteiger partial charge is 0.360 e. The van der Waals surface area contributed by atoms with Crippen LogP contribution in [-0.2, 0) is 6.54 Å². The van der Waals surface area contributed by atoms with Crippen LogP contribution in [0.4, 0.5) is 0 Å². The highest BCUT2D eigenvalue weighted by Gasteiger charge is 2.21. The number of carbonyl (C=O) groups excluding carboxylic acids is 1. The first-order chi connectivity index (χ1) is 11.1. The van der Waals surface area contributed by atoms with E-state index in [1.165, 1.54) is 0 Å². The number of aromatic nitrogens is 3. The molecule has 3 rings (SSSR count). The summed E-state index contributed by atoms with van der Waals surface area (Å²) in [7, 11) is 0. The average molecular weight is 308 g/mol. The molecule has 1 amide bonds. The summed E-state index contributed by atoms with van der Waals surface area (Å²) < 4.78 is 5.21. The molecule has 2 heterocycles. The molecular formula is C17H16N4O2. The van der Waals surface area contributed by atoms with Crippen LogP contribution in [0.2, 0.25) is 0 Å². The molecule has 0 fully saturated rings.